The highest BCUT2D eigenvalue weighted by atomic mass is 16.3. The fourth-order valence-electron chi connectivity index (χ4n) is 3.17. The molecule has 0 radical (unpaired) electrons. The Hall–Kier alpha value is -1.02. The van der Waals surface area contributed by atoms with E-state index in [4.69, 9.17) is 0 Å². The average Bonchev–Trinajstić information content (AvgIpc) is 2.93. The van der Waals surface area contributed by atoms with Crippen LogP contribution >= 0.6 is 0 Å². The summed E-state index contributed by atoms with van der Waals surface area (Å²) in [5.41, 5.74) is 1.28. The highest BCUT2D eigenvalue weighted by Crippen LogP contribution is 2.28. The van der Waals surface area contributed by atoms with E-state index in [9.17, 15) is 5.11 Å². The predicted molar refractivity (Wildman–Crippen MR) is 80.3 cm³/mol. The molecule has 0 aromatic heterocycles. The van der Waals surface area contributed by atoms with E-state index in [2.05, 4.69) is 12.2 Å². The standard InChI is InChI=1S/C17H27NO/c1-2-17(15-9-11-16(19)12-10-15)18-13-5-8-14-6-3-4-7-14/h9-12,14,17-19H,2-8,13H2,1H3. The molecule has 19 heavy (non-hydrogen) atoms. The van der Waals surface area contributed by atoms with Crippen molar-refractivity contribution in [2.24, 2.45) is 5.92 Å². The van der Waals surface area contributed by atoms with Gasteiger partial charge in [-0.1, -0.05) is 44.7 Å². The number of rotatable bonds is 7. The smallest absolute Gasteiger partial charge is 0.115 e. The molecule has 0 spiro atoms. The lowest BCUT2D eigenvalue weighted by molar-refractivity contribution is 0.443. The summed E-state index contributed by atoms with van der Waals surface area (Å²) in [7, 11) is 0. The van der Waals surface area contributed by atoms with Gasteiger partial charge in [0.1, 0.15) is 5.75 Å². The number of hydrogen-bond acceptors (Lipinski definition) is 2. The molecule has 106 valence electrons. The Morgan fingerprint density at radius 1 is 1.21 bits per heavy atom. The Morgan fingerprint density at radius 2 is 1.89 bits per heavy atom. The lowest BCUT2D eigenvalue weighted by atomic mass is 10.0. The van der Waals surface area contributed by atoms with Crippen LogP contribution in [-0.2, 0) is 0 Å². The molecular formula is C17H27NO. The lowest BCUT2D eigenvalue weighted by Crippen LogP contribution is -2.22. The van der Waals surface area contributed by atoms with E-state index in [1.165, 1.54) is 44.1 Å². The Bertz CT molecular complexity index is 354. The number of aromatic hydroxyl groups is 1. The van der Waals surface area contributed by atoms with Crippen LogP contribution in [0, 0.1) is 5.92 Å². The number of nitrogens with one attached hydrogen (secondary N) is 1. The van der Waals surface area contributed by atoms with Gasteiger partial charge in [0.15, 0.2) is 0 Å². The van der Waals surface area contributed by atoms with Gasteiger partial charge in [-0.25, -0.2) is 0 Å². The zero-order chi connectivity index (χ0) is 13.5. The van der Waals surface area contributed by atoms with Crippen LogP contribution in [0.15, 0.2) is 24.3 Å². The fraction of sp³-hybridized carbons (Fsp3) is 0.647. The van der Waals surface area contributed by atoms with E-state index < -0.39 is 0 Å². The van der Waals surface area contributed by atoms with Crippen molar-refractivity contribution in [3.63, 3.8) is 0 Å². The summed E-state index contributed by atoms with van der Waals surface area (Å²) in [6.07, 6.45) is 9.57. The highest BCUT2D eigenvalue weighted by Gasteiger charge is 2.14. The van der Waals surface area contributed by atoms with Crippen LogP contribution in [0.2, 0.25) is 0 Å². The molecule has 1 saturated carbocycles. The van der Waals surface area contributed by atoms with Crippen LogP contribution in [0.25, 0.3) is 0 Å². The summed E-state index contributed by atoms with van der Waals surface area (Å²) in [5.74, 6) is 1.34. The van der Waals surface area contributed by atoms with Gasteiger partial charge in [0.25, 0.3) is 0 Å². The van der Waals surface area contributed by atoms with E-state index in [1.807, 2.05) is 12.1 Å². The first-order chi connectivity index (χ1) is 9.29. The largest absolute Gasteiger partial charge is 0.508 e. The van der Waals surface area contributed by atoms with Crippen LogP contribution < -0.4 is 5.32 Å². The van der Waals surface area contributed by atoms with Gasteiger partial charge in [-0.05, 0) is 49.4 Å². The first-order valence-corrected chi connectivity index (χ1v) is 7.82. The lowest BCUT2D eigenvalue weighted by Gasteiger charge is -2.18. The molecule has 1 aliphatic rings. The third-order valence-electron chi connectivity index (χ3n) is 4.36. The molecule has 1 aromatic rings. The number of hydrogen-bond donors (Lipinski definition) is 2. The summed E-state index contributed by atoms with van der Waals surface area (Å²) in [4.78, 5) is 0. The van der Waals surface area contributed by atoms with Crippen molar-refractivity contribution in [3.05, 3.63) is 29.8 Å². The van der Waals surface area contributed by atoms with Crippen LogP contribution in [0.4, 0.5) is 0 Å². The number of benzene rings is 1. The minimum absolute atomic E-state index is 0.347. The van der Waals surface area contributed by atoms with Crippen molar-refractivity contribution in [2.75, 3.05) is 6.54 Å². The van der Waals surface area contributed by atoms with Gasteiger partial charge >= 0.3 is 0 Å². The SMILES string of the molecule is CCC(NCCCC1CCCC1)c1ccc(O)cc1. The molecule has 1 unspecified atom stereocenters. The first kappa shape index (κ1) is 14.4. The van der Waals surface area contributed by atoms with E-state index >= 15 is 0 Å². The molecule has 1 aliphatic carbocycles. The normalized spacial score (nSPS) is 17.7. The molecule has 0 heterocycles. The maximum Gasteiger partial charge on any atom is 0.115 e. The second kappa shape index (κ2) is 7.54. The Morgan fingerprint density at radius 3 is 2.53 bits per heavy atom. The molecule has 2 heteroatoms. The van der Waals surface area contributed by atoms with Crippen LogP contribution in [-0.4, -0.2) is 11.7 Å². The zero-order valence-electron chi connectivity index (χ0n) is 12.1. The van der Waals surface area contributed by atoms with Crippen molar-refractivity contribution in [2.45, 2.75) is 57.9 Å². The third kappa shape index (κ3) is 4.54. The Balaban J connectivity index is 1.71. The van der Waals surface area contributed by atoms with Crippen molar-refractivity contribution in [3.8, 4) is 5.75 Å². The fourth-order valence-corrected chi connectivity index (χ4v) is 3.17. The summed E-state index contributed by atoms with van der Waals surface area (Å²) in [6.45, 7) is 3.32. The molecular weight excluding hydrogens is 234 g/mol. The van der Waals surface area contributed by atoms with Crippen LogP contribution in [0.5, 0.6) is 5.75 Å². The Labute approximate surface area is 117 Å². The third-order valence-corrected chi connectivity index (χ3v) is 4.36. The maximum atomic E-state index is 9.33. The van der Waals surface area contributed by atoms with E-state index in [0.29, 0.717) is 11.8 Å². The van der Waals surface area contributed by atoms with Crippen molar-refractivity contribution in [1.29, 1.82) is 0 Å². The summed E-state index contributed by atoms with van der Waals surface area (Å²) < 4.78 is 0. The van der Waals surface area contributed by atoms with Crippen molar-refractivity contribution < 1.29 is 5.11 Å². The van der Waals surface area contributed by atoms with Gasteiger partial charge in [-0.3, -0.25) is 0 Å². The molecule has 0 bridgehead atoms. The summed E-state index contributed by atoms with van der Waals surface area (Å²) in [6, 6.07) is 8.02. The number of phenolic OH excluding ortho intramolecular Hbond substituents is 1. The van der Waals surface area contributed by atoms with Gasteiger partial charge in [-0.15, -0.1) is 0 Å². The molecule has 1 aromatic carbocycles. The monoisotopic (exact) mass is 261 g/mol. The average molecular weight is 261 g/mol. The van der Waals surface area contributed by atoms with E-state index in [0.717, 1.165) is 18.9 Å². The molecule has 2 nitrogen and oxygen atoms in total. The summed E-state index contributed by atoms with van der Waals surface area (Å²) >= 11 is 0. The summed E-state index contributed by atoms with van der Waals surface area (Å²) in [5, 5.41) is 13.0. The van der Waals surface area contributed by atoms with E-state index in [-0.39, 0.29) is 0 Å². The van der Waals surface area contributed by atoms with Crippen molar-refractivity contribution in [1.82, 2.24) is 5.32 Å². The minimum atomic E-state index is 0.347. The Kier molecular flexibility index (Phi) is 5.71. The molecule has 1 atom stereocenters. The van der Waals surface area contributed by atoms with Gasteiger partial charge in [0.2, 0.25) is 0 Å². The van der Waals surface area contributed by atoms with Crippen molar-refractivity contribution >= 4 is 0 Å². The maximum absolute atomic E-state index is 9.33. The predicted octanol–water partition coefficient (Wildman–Crippen LogP) is 4.40. The number of phenols is 1. The molecule has 0 saturated heterocycles. The minimum Gasteiger partial charge on any atom is -0.508 e. The molecule has 2 rings (SSSR count). The van der Waals surface area contributed by atoms with Crippen LogP contribution in [0.1, 0.15) is 63.5 Å². The first-order valence-electron chi connectivity index (χ1n) is 7.82. The topological polar surface area (TPSA) is 32.3 Å². The second-order valence-corrected chi connectivity index (χ2v) is 5.80. The van der Waals surface area contributed by atoms with Gasteiger partial charge in [0.05, 0.1) is 0 Å². The molecule has 1 fully saturated rings. The highest BCUT2D eigenvalue weighted by molar-refractivity contribution is 5.27. The van der Waals surface area contributed by atoms with Gasteiger partial charge in [0, 0.05) is 6.04 Å². The van der Waals surface area contributed by atoms with Crippen LogP contribution in [0.3, 0.4) is 0 Å². The quantitative estimate of drug-likeness (QED) is 0.713. The van der Waals surface area contributed by atoms with E-state index in [1.54, 1.807) is 12.1 Å². The van der Waals surface area contributed by atoms with Gasteiger partial charge in [-0.2, -0.15) is 0 Å². The molecule has 0 amide bonds. The van der Waals surface area contributed by atoms with Gasteiger partial charge < -0.3 is 10.4 Å². The second-order valence-electron chi connectivity index (χ2n) is 5.80. The molecule has 0 aliphatic heterocycles. The zero-order valence-corrected chi connectivity index (χ0v) is 12.1. The molecule has 2 N–H and O–H groups in total.